The fourth-order valence-electron chi connectivity index (χ4n) is 6.41. The fourth-order valence-corrected chi connectivity index (χ4v) is 7.32. The molecule has 1 fully saturated rings. The summed E-state index contributed by atoms with van der Waals surface area (Å²) in [7, 11) is 0. The molecule has 2 amide bonds. The third-order valence-corrected chi connectivity index (χ3v) is 9.96. The van der Waals surface area contributed by atoms with E-state index in [1.54, 1.807) is 6.07 Å². The summed E-state index contributed by atoms with van der Waals surface area (Å²) < 4.78 is 5.34. The van der Waals surface area contributed by atoms with E-state index < -0.39 is 23.7 Å². The first-order valence-corrected chi connectivity index (χ1v) is 17.2. The van der Waals surface area contributed by atoms with Gasteiger partial charge in [-0.15, -0.1) is 10.2 Å². The SMILES string of the molecule is O=C(COC(=O)c1ccc(N2C(=O)CC(Sc3nnc(-c4ccccc4)c(-c4ccccc4)n3)C2=O)cc1)c1ccc2c(c1)Cc1ccccc1-2. The molecule has 0 bridgehead atoms. The number of hydrogen-bond acceptors (Lipinski definition) is 9. The number of hydrogen-bond donors (Lipinski definition) is 0. The van der Waals surface area contributed by atoms with Crippen LogP contribution in [0.3, 0.4) is 0 Å². The summed E-state index contributed by atoms with van der Waals surface area (Å²) in [6.07, 6.45) is 0.705. The highest BCUT2D eigenvalue weighted by molar-refractivity contribution is 8.00. The highest BCUT2D eigenvalue weighted by atomic mass is 32.2. The van der Waals surface area contributed by atoms with Crippen LogP contribution >= 0.6 is 11.8 Å². The Balaban J connectivity index is 0.920. The zero-order valence-corrected chi connectivity index (χ0v) is 27.9. The molecular weight excluding hydrogens is 661 g/mol. The van der Waals surface area contributed by atoms with E-state index in [9.17, 15) is 19.2 Å². The number of carbonyl (C=O) groups is 4. The van der Waals surface area contributed by atoms with Crippen molar-refractivity contribution in [1.29, 1.82) is 0 Å². The van der Waals surface area contributed by atoms with Gasteiger partial charge in [-0.3, -0.25) is 14.4 Å². The number of rotatable bonds is 9. The number of esters is 1. The van der Waals surface area contributed by atoms with E-state index >= 15 is 0 Å². The molecule has 5 aromatic carbocycles. The van der Waals surface area contributed by atoms with Gasteiger partial charge in [-0.25, -0.2) is 14.7 Å². The van der Waals surface area contributed by atoms with E-state index in [-0.39, 0.29) is 28.8 Å². The normalized spacial score (nSPS) is 14.7. The van der Waals surface area contributed by atoms with Crippen LogP contribution in [0.4, 0.5) is 5.69 Å². The largest absolute Gasteiger partial charge is 0.454 e. The molecule has 6 aromatic rings. The number of ketones is 1. The molecule has 9 nitrogen and oxygen atoms in total. The Labute approximate surface area is 297 Å². The summed E-state index contributed by atoms with van der Waals surface area (Å²) in [4.78, 5) is 58.2. The van der Waals surface area contributed by atoms with Gasteiger partial charge in [0.05, 0.1) is 11.3 Å². The number of aromatic nitrogens is 3. The van der Waals surface area contributed by atoms with E-state index in [0.717, 1.165) is 45.3 Å². The standard InChI is InChI=1S/C41H28N4O5S/c46-34(29-17-20-33-30(22-29)21-28-13-7-8-14-32(28)33)24-50-40(49)27-15-18-31(19-16-27)45-36(47)23-35(39(45)48)51-41-42-37(25-9-3-1-4-10-25)38(43-44-41)26-11-5-2-6-12-26/h1-20,22,35H,21,23-24H2. The molecule has 1 atom stereocenters. The molecule has 2 heterocycles. The molecule has 0 N–H and O–H groups in total. The van der Waals surface area contributed by atoms with Crippen molar-refractivity contribution in [2.24, 2.45) is 0 Å². The van der Waals surface area contributed by atoms with Gasteiger partial charge in [-0.2, -0.15) is 0 Å². The maximum atomic E-state index is 13.5. The second kappa shape index (κ2) is 13.6. The zero-order chi connectivity index (χ0) is 34.9. The predicted molar refractivity (Wildman–Crippen MR) is 193 cm³/mol. The van der Waals surface area contributed by atoms with Crippen molar-refractivity contribution in [2.75, 3.05) is 11.5 Å². The van der Waals surface area contributed by atoms with Crippen molar-refractivity contribution in [1.82, 2.24) is 15.2 Å². The van der Waals surface area contributed by atoms with Crippen LogP contribution in [0.25, 0.3) is 33.6 Å². The first kappa shape index (κ1) is 32.0. The van der Waals surface area contributed by atoms with Gasteiger partial charge in [-0.1, -0.05) is 109 Å². The summed E-state index contributed by atoms with van der Waals surface area (Å²) in [5, 5.41) is 8.30. The predicted octanol–water partition coefficient (Wildman–Crippen LogP) is 7.24. The van der Waals surface area contributed by atoms with Crippen LogP contribution in [0.15, 0.2) is 133 Å². The molecule has 2 aliphatic rings. The third-order valence-electron chi connectivity index (χ3n) is 8.93. The quantitative estimate of drug-likeness (QED) is 0.0878. The van der Waals surface area contributed by atoms with Gasteiger partial charge in [0.1, 0.15) is 16.6 Å². The van der Waals surface area contributed by atoms with Gasteiger partial charge < -0.3 is 4.74 Å². The van der Waals surface area contributed by atoms with E-state index in [1.165, 1.54) is 35.4 Å². The van der Waals surface area contributed by atoms with Gasteiger partial charge in [0, 0.05) is 23.1 Å². The number of imide groups is 1. The van der Waals surface area contributed by atoms with Crippen LogP contribution in [0.2, 0.25) is 0 Å². The van der Waals surface area contributed by atoms with Gasteiger partial charge in [0.25, 0.3) is 0 Å². The molecule has 10 heteroatoms. The second-order valence-corrected chi connectivity index (χ2v) is 13.3. The Morgan fingerprint density at radius 1 is 0.706 bits per heavy atom. The van der Waals surface area contributed by atoms with Gasteiger partial charge in [0.15, 0.2) is 12.4 Å². The summed E-state index contributed by atoms with van der Waals surface area (Å²) >= 11 is 1.09. The molecule has 0 spiro atoms. The summed E-state index contributed by atoms with van der Waals surface area (Å²) in [5.74, 6) is -1.79. The lowest BCUT2D eigenvalue weighted by atomic mass is 10.0. The fraction of sp³-hybridized carbons (Fsp3) is 0.0976. The van der Waals surface area contributed by atoms with Crippen LogP contribution in [0.5, 0.6) is 0 Å². The van der Waals surface area contributed by atoms with Crippen LogP contribution in [-0.2, 0) is 20.7 Å². The minimum atomic E-state index is -0.755. The van der Waals surface area contributed by atoms with E-state index in [2.05, 4.69) is 22.3 Å². The number of Topliss-reactive ketones (excluding diaryl/α,β-unsaturated/α-hetero) is 1. The highest BCUT2D eigenvalue weighted by Gasteiger charge is 2.41. The van der Waals surface area contributed by atoms with Crippen molar-refractivity contribution in [3.8, 4) is 33.6 Å². The minimum absolute atomic E-state index is 0.0470. The van der Waals surface area contributed by atoms with E-state index in [4.69, 9.17) is 9.72 Å². The number of carbonyl (C=O) groups excluding carboxylic acids is 4. The average molecular weight is 689 g/mol. The summed E-state index contributed by atoms with van der Waals surface area (Å²) in [6.45, 7) is -0.413. The lowest BCUT2D eigenvalue weighted by Crippen LogP contribution is -2.31. The highest BCUT2D eigenvalue weighted by Crippen LogP contribution is 2.37. The zero-order valence-electron chi connectivity index (χ0n) is 27.1. The van der Waals surface area contributed by atoms with Crippen LogP contribution in [-0.4, -0.2) is 50.6 Å². The number of benzene rings is 5. The molecule has 1 unspecified atom stereocenters. The van der Waals surface area contributed by atoms with Crippen LogP contribution < -0.4 is 4.90 Å². The maximum Gasteiger partial charge on any atom is 0.338 e. The minimum Gasteiger partial charge on any atom is -0.454 e. The van der Waals surface area contributed by atoms with Crippen LogP contribution in [0, 0.1) is 0 Å². The molecule has 1 saturated heterocycles. The molecule has 1 aromatic heterocycles. The van der Waals surface area contributed by atoms with Crippen molar-refractivity contribution < 1.29 is 23.9 Å². The molecule has 0 saturated carbocycles. The smallest absolute Gasteiger partial charge is 0.338 e. The molecule has 51 heavy (non-hydrogen) atoms. The van der Waals surface area contributed by atoms with Crippen molar-refractivity contribution in [3.05, 3.63) is 150 Å². The van der Waals surface area contributed by atoms with Gasteiger partial charge in [-0.05, 0) is 59.0 Å². The Hall–Kier alpha value is -6.26. The lowest BCUT2D eigenvalue weighted by molar-refractivity contribution is -0.121. The molecular formula is C41H28N4O5S. The number of thioether (sulfide) groups is 1. The average Bonchev–Trinajstić information content (AvgIpc) is 3.69. The van der Waals surface area contributed by atoms with Crippen molar-refractivity contribution >= 4 is 41.0 Å². The number of ether oxygens (including phenoxy) is 1. The summed E-state index contributed by atoms with van der Waals surface area (Å²) in [5.41, 5.74) is 8.49. The van der Waals surface area contributed by atoms with E-state index in [0.29, 0.717) is 22.6 Å². The van der Waals surface area contributed by atoms with Crippen LogP contribution in [0.1, 0.15) is 38.3 Å². The Kier molecular flexibility index (Phi) is 8.51. The monoisotopic (exact) mass is 688 g/mol. The molecule has 1 aliphatic carbocycles. The number of amides is 2. The Bertz CT molecular complexity index is 2330. The number of nitrogens with zero attached hydrogens (tertiary/aromatic N) is 4. The second-order valence-electron chi connectivity index (χ2n) is 12.2. The summed E-state index contributed by atoms with van der Waals surface area (Å²) in [6, 6.07) is 38.9. The molecule has 8 rings (SSSR count). The first-order chi connectivity index (χ1) is 24.9. The molecule has 1 aliphatic heterocycles. The topological polar surface area (TPSA) is 119 Å². The van der Waals surface area contributed by atoms with Crippen molar-refractivity contribution in [3.63, 3.8) is 0 Å². The third kappa shape index (κ3) is 6.33. The van der Waals surface area contributed by atoms with Gasteiger partial charge >= 0.3 is 5.97 Å². The van der Waals surface area contributed by atoms with Crippen molar-refractivity contribution in [2.45, 2.75) is 23.2 Å². The number of anilines is 1. The Morgan fingerprint density at radius 2 is 1.35 bits per heavy atom. The number of fused-ring (bicyclic) bond motifs is 3. The first-order valence-electron chi connectivity index (χ1n) is 16.3. The Morgan fingerprint density at radius 3 is 2.10 bits per heavy atom. The van der Waals surface area contributed by atoms with Gasteiger partial charge in [0.2, 0.25) is 17.0 Å². The lowest BCUT2D eigenvalue weighted by Gasteiger charge is -2.15. The maximum absolute atomic E-state index is 13.5. The molecule has 248 valence electrons. The van der Waals surface area contributed by atoms with E-state index in [1.807, 2.05) is 84.9 Å². The molecule has 0 radical (unpaired) electrons.